The maximum absolute atomic E-state index is 12.5. The molecule has 1 aromatic heterocycles. The second-order valence-electron chi connectivity index (χ2n) is 4.84. The van der Waals surface area contributed by atoms with Crippen LogP contribution in [0.5, 0.6) is 5.75 Å². The standard InChI is InChI=1S/C16H16ClIN2O3/c1-23-15-8-14(18)13(17)7-12(15)16(22)20-11(9-21)6-10-4-2-3-5-19-10/h2-5,7-8,11,21H,6,9H2,1H3,(H,20,22). The van der Waals surface area contributed by atoms with Gasteiger partial charge < -0.3 is 15.2 Å². The first-order valence-electron chi connectivity index (χ1n) is 6.89. The molecule has 2 N–H and O–H groups in total. The molecule has 0 fully saturated rings. The van der Waals surface area contributed by atoms with E-state index in [-0.39, 0.29) is 12.5 Å². The molecule has 2 aromatic rings. The zero-order valence-electron chi connectivity index (χ0n) is 12.4. The van der Waals surface area contributed by atoms with E-state index in [1.807, 2.05) is 18.2 Å². The number of hydrogen-bond donors (Lipinski definition) is 2. The van der Waals surface area contributed by atoms with Crippen LogP contribution in [-0.2, 0) is 6.42 Å². The molecule has 1 atom stereocenters. The Kier molecular flexibility index (Phi) is 6.61. The van der Waals surface area contributed by atoms with Gasteiger partial charge in [0.25, 0.3) is 5.91 Å². The van der Waals surface area contributed by atoms with Gasteiger partial charge in [-0.3, -0.25) is 9.78 Å². The van der Waals surface area contributed by atoms with Crippen LogP contribution in [0.2, 0.25) is 5.02 Å². The smallest absolute Gasteiger partial charge is 0.255 e. The molecule has 0 aliphatic rings. The topological polar surface area (TPSA) is 71.5 Å². The number of benzene rings is 1. The van der Waals surface area contributed by atoms with E-state index in [0.717, 1.165) is 9.26 Å². The number of carbonyl (C=O) groups excluding carboxylic acids is 1. The van der Waals surface area contributed by atoms with Gasteiger partial charge in [0.2, 0.25) is 0 Å². The number of nitrogens with zero attached hydrogens (tertiary/aromatic N) is 1. The van der Waals surface area contributed by atoms with E-state index >= 15 is 0 Å². The first kappa shape index (κ1) is 18.0. The molecule has 0 radical (unpaired) electrons. The molecule has 0 saturated heterocycles. The molecule has 2 rings (SSSR count). The lowest BCUT2D eigenvalue weighted by molar-refractivity contribution is 0.0913. The molecule has 1 unspecified atom stereocenters. The third kappa shape index (κ3) is 4.79. The Hall–Kier alpha value is -1.38. The summed E-state index contributed by atoms with van der Waals surface area (Å²) in [6.45, 7) is -0.192. The van der Waals surface area contributed by atoms with Crippen molar-refractivity contribution in [1.82, 2.24) is 10.3 Å². The van der Waals surface area contributed by atoms with Gasteiger partial charge in [0.15, 0.2) is 0 Å². The maximum atomic E-state index is 12.5. The van der Waals surface area contributed by atoms with Crippen molar-refractivity contribution in [2.45, 2.75) is 12.5 Å². The van der Waals surface area contributed by atoms with E-state index in [1.165, 1.54) is 7.11 Å². The number of ether oxygens (including phenoxy) is 1. The highest BCUT2D eigenvalue weighted by molar-refractivity contribution is 14.1. The van der Waals surface area contributed by atoms with Crippen molar-refractivity contribution < 1.29 is 14.6 Å². The molecule has 122 valence electrons. The van der Waals surface area contributed by atoms with Crippen molar-refractivity contribution in [3.63, 3.8) is 0 Å². The molecular weight excluding hydrogens is 431 g/mol. The lowest BCUT2D eigenvalue weighted by Gasteiger charge is -2.17. The summed E-state index contributed by atoms with van der Waals surface area (Å²) in [5.74, 6) is 0.0842. The zero-order valence-corrected chi connectivity index (χ0v) is 15.3. The summed E-state index contributed by atoms with van der Waals surface area (Å²) in [6.07, 6.45) is 2.11. The average Bonchev–Trinajstić information content (AvgIpc) is 2.57. The Balaban J connectivity index is 2.15. The van der Waals surface area contributed by atoms with E-state index in [1.54, 1.807) is 18.3 Å². The monoisotopic (exact) mass is 446 g/mol. The van der Waals surface area contributed by atoms with Crippen molar-refractivity contribution in [3.05, 3.63) is 56.4 Å². The van der Waals surface area contributed by atoms with Crippen LogP contribution in [0.1, 0.15) is 16.1 Å². The summed E-state index contributed by atoms with van der Waals surface area (Å²) in [4.78, 5) is 16.7. The Morgan fingerprint density at radius 1 is 1.48 bits per heavy atom. The summed E-state index contributed by atoms with van der Waals surface area (Å²) in [6, 6.07) is 8.34. The summed E-state index contributed by atoms with van der Waals surface area (Å²) in [5.41, 5.74) is 1.12. The van der Waals surface area contributed by atoms with Crippen LogP contribution in [0, 0.1) is 3.57 Å². The predicted molar refractivity (Wildman–Crippen MR) is 97.0 cm³/mol. The van der Waals surface area contributed by atoms with Crippen molar-refractivity contribution in [2.75, 3.05) is 13.7 Å². The number of pyridine rings is 1. The number of aliphatic hydroxyl groups excluding tert-OH is 1. The van der Waals surface area contributed by atoms with Crippen LogP contribution in [0.25, 0.3) is 0 Å². The summed E-state index contributed by atoms with van der Waals surface area (Å²) < 4.78 is 6.03. The Morgan fingerprint density at radius 2 is 2.26 bits per heavy atom. The van der Waals surface area contributed by atoms with Gasteiger partial charge in [-0.25, -0.2) is 0 Å². The molecule has 1 heterocycles. The molecule has 0 aliphatic carbocycles. The minimum Gasteiger partial charge on any atom is -0.496 e. The highest BCUT2D eigenvalue weighted by Gasteiger charge is 2.19. The molecule has 7 heteroatoms. The third-order valence-electron chi connectivity index (χ3n) is 3.22. The molecule has 0 aliphatic heterocycles. The molecular formula is C16H16ClIN2O3. The zero-order chi connectivity index (χ0) is 16.8. The van der Waals surface area contributed by atoms with Crippen LogP contribution >= 0.6 is 34.2 Å². The number of carbonyl (C=O) groups is 1. The van der Waals surface area contributed by atoms with Gasteiger partial charge in [-0.2, -0.15) is 0 Å². The number of aromatic nitrogens is 1. The lowest BCUT2D eigenvalue weighted by atomic mass is 10.1. The fourth-order valence-electron chi connectivity index (χ4n) is 2.07. The van der Waals surface area contributed by atoms with Gasteiger partial charge in [0, 0.05) is 21.9 Å². The Morgan fingerprint density at radius 3 is 2.87 bits per heavy atom. The highest BCUT2D eigenvalue weighted by atomic mass is 127. The van der Waals surface area contributed by atoms with Crippen molar-refractivity contribution >= 4 is 40.1 Å². The fraction of sp³-hybridized carbons (Fsp3) is 0.250. The summed E-state index contributed by atoms with van der Waals surface area (Å²) >= 11 is 8.15. The number of rotatable bonds is 6. The minimum absolute atomic E-state index is 0.192. The van der Waals surface area contributed by atoms with Crippen molar-refractivity contribution in [2.24, 2.45) is 0 Å². The number of amides is 1. The largest absolute Gasteiger partial charge is 0.496 e. The molecule has 0 saturated carbocycles. The van der Waals surface area contributed by atoms with Gasteiger partial charge in [-0.05, 0) is 46.9 Å². The number of hydrogen-bond acceptors (Lipinski definition) is 4. The van der Waals surface area contributed by atoms with Crippen LogP contribution in [0.4, 0.5) is 0 Å². The quantitative estimate of drug-likeness (QED) is 0.670. The van der Waals surface area contributed by atoms with E-state index in [4.69, 9.17) is 16.3 Å². The second kappa shape index (κ2) is 8.47. The molecule has 5 nitrogen and oxygen atoms in total. The first-order valence-corrected chi connectivity index (χ1v) is 8.35. The molecule has 0 bridgehead atoms. The number of nitrogens with one attached hydrogen (secondary N) is 1. The molecule has 23 heavy (non-hydrogen) atoms. The van der Waals surface area contributed by atoms with Crippen LogP contribution in [0.3, 0.4) is 0 Å². The van der Waals surface area contributed by atoms with Crippen LogP contribution < -0.4 is 10.1 Å². The van der Waals surface area contributed by atoms with E-state index in [2.05, 4.69) is 32.9 Å². The SMILES string of the molecule is COc1cc(I)c(Cl)cc1C(=O)NC(CO)Cc1ccccn1. The average molecular weight is 447 g/mol. The van der Waals surface area contributed by atoms with Crippen LogP contribution in [-0.4, -0.2) is 35.8 Å². The summed E-state index contributed by atoms with van der Waals surface area (Å²) in [5, 5.41) is 12.8. The summed E-state index contributed by atoms with van der Waals surface area (Å²) in [7, 11) is 1.49. The number of methoxy groups -OCH3 is 1. The lowest BCUT2D eigenvalue weighted by Crippen LogP contribution is -2.39. The molecule has 0 spiro atoms. The van der Waals surface area contributed by atoms with E-state index in [9.17, 15) is 9.90 Å². The van der Waals surface area contributed by atoms with Gasteiger partial charge in [0.05, 0.1) is 30.3 Å². The van der Waals surface area contributed by atoms with E-state index < -0.39 is 6.04 Å². The van der Waals surface area contributed by atoms with Gasteiger partial charge in [-0.1, -0.05) is 17.7 Å². The van der Waals surface area contributed by atoms with Crippen molar-refractivity contribution in [3.8, 4) is 5.75 Å². The Labute approximate surface area is 153 Å². The van der Waals surface area contributed by atoms with Gasteiger partial charge >= 0.3 is 0 Å². The molecule has 1 aromatic carbocycles. The maximum Gasteiger partial charge on any atom is 0.255 e. The van der Waals surface area contributed by atoms with Gasteiger partial charge in [0.1, 0.15) is 5.75 Å². The number of halogens is 2. The Bertz CT molecular complexity index is 683. The minimum atomic E-state index is -0.444. The highest BCUT2D eigenvalue weighted by Crippen LogP contribution is 2.28. The first-order chi connectivity index (χ1) is 11.0. The number of aliphatic hydroxyl groups is 1. The van der Waals surface area contributed by atoms with Crippen LogP contribution in [0.15, 0.2) is 36.5 Å². The van der Waals surface area contributed by atoms with E-state index in [0.29, 0.717) is 22.8 Å². The predicted octanol–water partition coefficient (Wildman–Crippen LogP) is 2.68. The molecule has 1 amide bonds. The fourth-order valence-corrected chi connectivity index (χ4v) is 2.67. The third-order valence-corrected chi connectivity index (χ3v) is 4.75. The van der Waals surface area contributed by atoms with Gasteiger partial charge in [-0.15, -0.1) is 0 Å². The second-order valence-corrected chi connectivity index (χ2v) is 6.41. The van der Waals surface area contributed by atoms with Crippen molar-refractivity contribution in [1.29, 1.82) is 0 Å². The normalized spacial score (nSPS) is 11.8.